The molecule has 4 rings (SSSR count). The molecular formula is C20H23NO4S. The molecule has 0 bridgehead atoms. The molecule has 0 radical (unpaired) electrons. The zero-order valence-corrected chi connectivity index (χ0v) is 16.1. The number of nitrogens with zero attached hydrogens (tertiary/aromatic N) is 1. The van der Waals surface area contributed by atoms with Crippen LogP contribution in [0.1, 0.15) is 32.3 Å². The molecule has 2 saturated heterocycles. The number of carbonyl (C=O) groups is 1. The van der Waals surface area contributed by atoms with Gasteiger partial charge in [0, 0.05) is 19.5 Å². The zero-order valence-electron chi connectivity index (χ0n) is 15.3. The van der Waals surface area contributed by atoms with E-state index in [4.69, 9.17) is 4.74 Å². The lowest BCUT2D eigenvalue weighted by molar-refractivity contribution is -0.144. The molecule has 1 aromatic carbocycles. The third-order valence-corrected chi connectivity index (χ3v) is 7.90. The molecule has 0 saturated carbocycles. The number of hydrogen-bond acceptors (Lipinski definition) is 4. The average Bonchev–Trinajstić information content (AvgIpc) is 3.20. The molecule has 2 heterocycles. The van der Waals surface area contributed by atoms with Crippen molar-refractivity contribution in [2.75, 3.05) is 19.7 Å². The highest BCUT2D eigenvalue weighted by molar-refractivity contribution is 7.89. The number of sulfonamides is 1. The number of allylic oxidation sites excluding steroid dienone is 1. The van der Waals surface area contributed by atoms with Crippen LogP contribution in [0.3, 0.4) is 0 Å². The second-order valence-corrected chi connectivity index (χ2v) is 9.53. The van der Waals surface area contributed by atoms with Gasteiger partial charge in [0.2, 0.25) is 10.0 Å². The lowest BCUT2D eigenvalue weighted by Crippen LogP contribution is -2.32. The number of aryl methyl sites for hydroxylation is 1. The molecule has 1 aliphatic carbocycles. The number of cyclic esters (lactones) is 1. The van der Waals surface area contributed by atoms with Crippen molar-refractivity contribution in [1.82, 2.24) is 4.31 Å². The van der Waals surface area contributed by atoms with E-state index in [0.717, 1.165) is 27.9 Å². The number of carbonyl (C=O) groups excluding carboxylic acids is 1. The monoisotopic (exact) mass is 373 g/mol. The summed E-state index contributed by atoms with van der Waals surface area (Å²) >= 11 is 0. The first kappa shape index (κ1) is 17.5. The maximum absolute atomic E-state index is 13.1. The Morgan fingerprint density at radius 1 is 1.04 bits per heavy atom. The summed E-state index contributed by atoms with van der Waals surface area (Å²) in [5.74, 6) is -0.166. The van der Waals surface area contributed by atoms with Gasteiger partial charge in [0.15, 0.2) is 0 Å². The third kappa shape index (κ3) is 2.39. The van der Waals surface area contributed by atoms with Crippen LogP contribution in [-0.4, -0.2) is 38.4 Å². The Morgan fingerprint density at radius 2 is 1.69 bits per heavy atom. The topological polar surface area (TPSA) is 63.7 Å². The molecule has 5 nitrogen and oxygen atoms in total. The van der Waals surface area contributed by atoms with Gasteiger partial charge >= 0.3 is 5.97 Å². The summed E-state index contributed by atoms with van der Waals surface area (Å²) in [6.07, 6.45) is 1.31. The largest absolute Gasteiger partial charge is 0.465 e. The van der Waals surface area contributed by atoms with Gasteiger partial charge in [0.05, 0.1) is 16.9 Å². The van der Waals surface area contributed by atoms with Gasteiger partial charge in [-0.1, -0.05) is 28.8 Å². The van der Waals surface area contributed by atoms with Crippen LogP contribution in [0.15, 0.2) is 51.5 Å². The smallest absolute Gasteiger partial charge is 0.316 e. The normalized spacial score (nSPS) is 26.7. The molecule has 6 heteroatoms. The minimum atomic E-state index is -3.56. The van der Waals surface area contributed by atoms with Crippen molar-refractivity contribution in [3.63, 3.8) is 0 Å². The van der Waals surface area contributed by atoms with Crippen molar-refractivity contribution in [3.8, 4) is 0 Å². The van der Waals surface area contributed by atoms with Gasteiger partial charge in [-0.05, 0) is 50.5 Å². The molecule has 3 aliphatic rings. The van der Waals surface area contributed by atoms with Crippen LogP contribution in [0, 0.1) is 12.3 Å². The molecule has 0 N–H and O–H groups in total. The summed E-state index contributed by atoms with van der Waals surface area (Å²) in [5.41, 5.74) is 4.60. The highest BCUT2D eigenvalue weighted by Crippen LogP contribution is 2.51. The molecule has 1 unspecified atom stereocenters. The fourth-order valence-electron chi connectivity index (χ4n) is 4.41. The first-order chi connectivity index (χ1) is 12.3. The minimum Gasteiger partial charge on any atom is -0.465 e. The van der Waals surface area contributed by atoms with E-state index in [1.54, 1.807) is 12.1 Å². The first-order valence-electron chi connectivity index (χ1n) is 8.89. The minimum absolute atomic E-state index is 0.166. The highest BCUT2D eigenvalue weighted by Gasteiger charge is 2.51. The maximum Gasteiger partial charge on any atom is 0.316 e. The van der Waals surface area contributed by atoms with E-state index >= 15 is 0 Å². The van der Waals surface area contributed by atoms with Gasteiger partial charge in [0.25, 0.3) is 0 Å². The van der Waals surface area contributed by atoms with E-state index in [-0.39, 0.29) is 5.97 Å². The Bertz CT molecular complexity index is 956. The number of rotatable bonds is 2. The summed E-state index contributed by atoms with van der Waals surface area (Å²) in [5, 5.41) is 0. The Hall–Kier alpha value is -1.92. The van der Waals surface area contributed by atoms with Crippen molar-refractivity contribution in [3.05, 3.63) is 52.1 Å². The van der Waals surface area contributed by atoms with E-state index in [1.165, 1.54) is 4.31 Å². The van der Waals surface area contributed by atoms with Gasteiger partial charge in [0.1, 0.15) is 0 Å². The molecule has 26 heavy (non-hydrogen) atoms. The Balaban J connectivity index is 1.74. The van der Waals surface area contributed by atoms with Crippen molar-refractivity contribution < 1.29 is 17.9 Å². The average molecular weight is 373 g/mol. The predicted octanol–water partition coefficient (Wildman–Crippen LogP) is 2.97. The quantitative estimate of drug-likeness (QED) is 0.748. The van der Waals surface area contributed by atoms with Gasteiger partial charge in [-0.15, -0.1) is 0 Å². The van der Waals surface area contributed by atoms with Crippen LogP contribution >= 0.6 is 0 Å². The second-order valence-electron chi connectivity index (χ2n) is 7.59. The SMILES string of the molecule is CC1=C2CN(S(=O)(=O)c3ccc(C)cc3)CC2=C(C)C2(CCOC2=O)C1. The fraction of sp³-hybridized carbons (Fsp3) is 0.450. The van der Waals surface area contributed by atoms with Crippen molar-refractivity contribution >= 4 is 16.0 Å². The second kappa shape index (κ2) is 5.79. The van der Waals surface area contributed by atoms with E-state index < -0.39 is 15.4 Å². The molecule has 0 amide bonds. The highest BCUT2D eigenvalue weighted by atomic mass is 32.2. The number of hydrogen-bond donors (Lipinski definition) is 0. The number of esters is 1. The molecule has 2 fully saturated rings. The van der Waals surface area contributed by atoms with E-state index in [2.05, 4.69) is 0 Å². The van der Waals surface area contributed by atoms with Crippen molar-refractivity contribution in [1.29, 1.82) is 0 Å². The zero-order chi connectivity index (χ0) is 18.7. The van der Waals surface area contributed by atoms with Crippen molar-refractivity contribution in [2.45, 2.75) is 38.5 Å². The van der Waals surface area contributed by atoms with Crippen LogP contribution in [0.4, 0.5) is 0 Å². The van der Waals surface area contributed by atoms with Crippen LogP contribution in [-0.2, 0) is 19.6 Å². The lowest BCUT2D eigenvalue weighted by atomic mass is 9.68. The van der Waals surface area contributed by atoms with E-state index in [9.17, 15) is 13.2 Å². The molecule has 1 aromatic rings. The summed E-state index contributed by atoms with van der Waals surface area (Å²) in [4.78, 5) is 12.7. The van der Waals surface area contributed by atoms with Crippen molar-refractivity contribution in [2.24, 2.45) is 5.41 Å². The summed E-state index contributed by atoms with van der Waals surface area (Å²) in [7, 11) is -3.56. The number of fused-ring (bicyclic) bond motifs is 1. The molecule has 1 spiro atoms. The van der Waals surface area contributed by atoms with Gasteiger partial charge in [-0.25, -0.2) is 8.42 Å². The van der Waals surface area contributed by atoms with Crippen LogP contribution in [0.5, 0.6) is 0 Å². The van der Waals surface area contributed by atoms with Gasteiger partial charge < -0.3 is 4.74 Å². The third-order valence-electron chi connectivity index (χ3n) is 6.10. The Morgan fingerprint density at radius 3 is 2.31 bits per heavy atom. The Kier molecular flexibility index (Phi) is 3.90. The molecule has 2 aliphatic heterocycles. The summed E-state index contributed by atoms with van der Waals surface area (Å²) < 4.78 is 32.9. The standard InChI is InChI=1S/C20H23NO4S/c1-13-4-6-16(7-5-13)26(23,24)21-11-17-14(2)10-20(8-9-25-19(20)22)15(3)18(17)12-21/h4-7H,8-12H2,1-3H3. The summed E-state index contributed by atoms with van der Waals surface area (Å²) in [6, 6.07) is 6.94. The number of benzene rings is 1. The summed E-state index contributed by atoms with van der Waals surface area (Å²) in [6.45, 7) is 7.05. The van der Waals surface area contributed by atoms with Gasteiger partial charge in [-0.3, -0.25) is 4.79 Å². The number of ether oxygens (including phenoxy) is 1. The van der Waals surface area contributed by atoms with Crippen LogP contribution < -0.4 is 0 Å². The fourth-order valence-corrected chi connectivity index (χ4v) is 5.78. The predicted molar refractivity (Wildman–Crippen MR) is 98.0 cm³/mol. The molecule has 0 aromatic heterocycles. The molecular weight excluding hydrogens is 350 g/mol. The molecule has 138 valence electrons. The van der Waals surface area contributed by atoms with Crippen LogP contribution in [0.25, 0.3) is 0 Å². The molecule has 1 atom stereocenters. The van der Waals surface area contributed by atoms with E-state index in [1.807, 2.05) is 32.9 Å². The van der Waals surface area contributed by atoms with E-state index in [0.29, 0.717) is 37.4 Å². The van der Waals surface area contributed by atoms with Crippen LogP contribution in [0.2, 0.25) is 0 Å². The Labute approximate surface area is 154 Å². The maximum atomic E-state index is 13.1. The first-order valence-corrected chi connectivity index (χ1v) is 10.3. The van der Waals surface area contributed by atoms with Gasteiger partial charge in [-0.2, -0.15) is 4.31 Å². The lowest BCUT2D eigenvalue weighted by Gasteiger charge is -2.32.